The molecule has 0 spiro atoms. The van der Waals surface area contributed by atoms with Crippen LogP contribution in [0.3, 0.4) is 0 Å². The number of allylic oxidation sites excluding steroid dienone is 1. The third-order valence-corrected chi connectivity index (χ3v) is 5.00. The SMILES string of the molecule is C/C=C/Oc1c(CCCCCCCCC)c2c(c3c1OS(=O)(=O)O3)O2. The molecular formula is C18H24O6S. The second-order valence-corrected chi connectivity index (χ2v) is 7.41. The van der Waals surface area contributed by atoms with Crippen LogP contribution in [0.5, 0.6) is 28.7 Å². The van der Waals surface area contributed by atoms with Gasteiger partial charge in [-0.05, 0) is 19.8 Å². The molecule has 0 saturated heterocycles. The normalized spacial score (nSPS) is 15.9. The zero-order valence-electron chi connectivity index (χ0n) is 14.7. The number of fused-ring (bicyclic) bond motifs is 3. The van der Waals surface area contributed by atoms with Crippen molar-refractivity contribution in [2.75, 3.05) is 0 Å². The number of benzene rings is 1. The predicted octanol–water partition coefficient (Wildman–Crippen LogP) is 5.01. The number of hydrogen-bond donors (Lipinski definition) is 0. The van der Waals surface area contributed by atoms with Gasteiger partial charge in [-0.2, -0.15) is 0 Å². The van der Waals surface area contributed by atoms with Crippen LogP contribution >= 0.6 is 0 Å². The molecule has 0 bridgehead atoms. The molecule has 6 nitrogen and oxygen atoms in total. The Balaban J connectivity index is 1.70. The summed E-state index contributed by atoms with van der Waals surface area (Å²) in [4.78, 5) is 0. The first-order chi connectivity index (χ1) is 12.1. The van der Waals surface area contributed by atoms with E-state index in [1.807, 2.05) is 6.92 Å². The quantitative estimate of drug-likeness (QED) is 0.333. The summed E-state index contributed by atoms with van der Waals surface area (Å²) in [5.41, 5.74) is 0.848. The van der Waals surface area contributed by atoms with Gasteiger partial charge in [0, 0.05) is 5.56 Å². The van der Waals surface area contributed by atoms with Crippen molar-refractivity contribution in [2.24, 2.45) is 0 Å². The van der Waals surface area contributed by atoms with Gasteiger partial charge in [0.05, 0.1) is 6.26 Å². The first-order valence-electron chi connectivity index (χ1n) is 8.89. The summed E-state index contributed by atoms with van der Waals surface area (Å²) in [5.74, 6) is 1.66. The van der Waals surface area contributed by atoms with E-state index in [-0.39, 0.29) is 11.5 Å². The maximum atomic E-state index is 11.6. The van der Waals surface area contributed by atoms with Crippen LogP contribution in [0.4, 0.5) is 0 Å². The lowest BCUT2D eigenvalue weighted by Gasteiger charge is -2.08. The highest BCUT2D eigenvalue weighted by Gasteiger charge is 2.45. The molecule has 0 aliphatic carbocycles. The molecule has 138 valence electrons. The molecule has 0 saturated carbocycles. The van der Waals surface area contributed by atoms with Gasteiger partial charge in [-0.15, -0.1) is 8.42 Å². The molecule has 3 rings (SSSR count). The van der Waals surface area contributed by atoms with Crippen molar-refractivity contribution in [2.45, 2.75) is 65.2 Å². The molecule has 2 aliphatic rings. The Hall–Kier alpha value is -1.89. The van der Waals surface area contributed by atoms with Gasteiger partial charge in [-0.1, -0.05) is 51.5 Å². The van der Waals surface area contributed by atoms with E-state index in [1.54, 1.807) is 6.08 Å². The monoisotopic (exact) mass is 368 g/mol. The topological polar surface area (TPSA) is 74.4 Å². The average Bonchev–Trinajstić information content (AvgIpc) is 3.29. The lowest BCUT2D eigenvalue weighted by atomic mass is 10.0. The van der Waals surface area contributed by atoms with E-state index in [9.17, 15) is 8.42 Å². The zero-order valence-corrected chi connectivity index (χ0v) is 15.5. The van der Waals surface area contributed by atoms with Gasteiger partial charge in [0.2, 0.25) is 17.2 Å². The summed E-state index contributed by atoms with van der Waals surface area (Å²) in [6.45, 7) is 4.02. The van der Waals surface area contributed by atoms with Crippen LogP contribution in [-0.2, 0) is 16.8 Å². The highest BCUT2D eigenvalue weighted by atomic mass is 32.3. The molecule has 0 radical (unpaired) electrons. The van der Waals surface area contributed by atoms with Gasteiger partial charge >= 0.3 is 10.4 Å². The molecular weight excluding hydrogens is 344 g/mol. The van der Waals surface area contributed by atoms with Crippen molar-refractivity contribution in [3.05, 3.63) is 17.9 Å². The van der Waals surface area contributed by atoms with Crippen LogP contribution in [0, 0.1) is 0 Å². The summed E-state index contributed by atoms with van der Waals surface area (Å²) in [6.07, 6.45) is 12.3. The highest BCUT2D eigenvalue weighted by Crippen LogP contribution is 2.66. The number of hydrogen-bond acceptors (Lipinski definition) is 6. The summed E-state index contributed by atoms with van der Waals surface area (Å²) in [6, 6.07) is 0. The molecule has 0 N–H and O–H groups in total. The Kier molecular flexibility index (Phi) is 5.42. The number of rotatable bonds is 10. The standard InChI is InChI=1S/C18H24O6S/c1-3-5-6-7-8-9-10-11-13-14(21-12-4-2)17-18(16-15(13)22-16)24-25(19,20)23-17/h4,12H,3,5-11H2,1-2H3/b12-4+. The minimum absolute atomic E-state index is 0.0901. The Morgan fingerprint density at radius 1 is 0.920 bits per heavy atom. The first-order valence-corrected chi connectivity index (χ1v) is 10.2. The van der Waals surface area contributed by atoms with E-state index in [2.05, 4.69) is 6.92 Å². The fraction of sp³-hybridized carbons (Fsp3) is 0.556. The molecule has 0 unspecified atom stereocenters. The maximum absolute atomic E-state index is 11.6. The van der Waals surface area contributed by atoms with Crippen molar-refractivity contribution in [3.63, 3.8) is 0 Å². The molecule has 1 aromatic carbocycles. The predicted molar refractivity (Wildman–Crippen MR) is 93.8 cm³/mol. The Labute approximate surface area is 149 Å². The summed E-state index contributed by atoms with van der Waals surface area (Å²) in [5, 5.41) is 0. The number of ether oxygens (including phenoxy) is 2. The Morgan fingerprint density at radius 2 is 1.60 bits per heavy atom. The highest BCUT2D eigenvalue weighted by molar-refractivity contribution is 7.82. The Morgan fingerprint density at radius 3 is 2.32 bits per heavy atom. The minimum Gasteiger partial charge on any atom is -0.461 e. The third-order valence-electron chi connectivity index (χ3n) is 4.26. The van der Waals surface area contributed by atoms with Crippen LogP contribution in [0.1, 0.15) is 64.4 Å². The summed E-state index contributed by atoms with van der Waals surface area (Å²) >= 11 is 0. The molecule has 25 heavy (non-hydrogen) atoms. The summed E-state index contributed by atoms with van der Waals surface area (Å²) < 4.78 is 44.1. The van der Waals surface area contributed by atoms with Gasteiger partial charge < -0.3 is 17.8 Å². The molecule has 0 aromatic heterocycles. The molecule has 0 atom stereocenters. The molecule has 1 aromatic rings. The van der Waals surface area contributed by atoms with E-state index in [4.69, 9.17) is 17.8 Å². The van der Waals surface area contributed by atoms with Crippen LogP contribution in [-0.4, -0.2) is 8.42 Å². The van der Waals surface area contributed by atoms with Gasteiger partial charge in [-0.3, -0.25) is 0 Å². The molecule has 0 fully saturated rings. The van der Waals surface area contributed by atoms with Gasteiger partial charge in [0.25, 0.3) is 0 Å². The van der Waals surface area contributed by atoms with Crippen LogP contribution < -0.4 is 17.8 Å². The van der Waals surface area contributed by atoms with E-state index in [0.29, 0.717) is 17.2 Å². The average molecular weight is 368 g/mol. The van der Waals surface area contributed by atoms with Crippen LogP contribution in [0.25, 0.3) is 0 Å². The number of unbranched alkanes of at least 4 members (excludes halogenated alkanes) is 6. The second-order valence-electron chi connectivity index (χ2n) is 6.26. The molecule has 2 heterocycles. The zero-order chi connectivity index (χ0) is 17.9. The lowest BCUT2D eigenvalue weighted by molar-refractivity contribution is 0.417. The summed E-state index contributed by atoms with van der Waals surface area (Å²) in [7, 11) is -4.08. The fourth-order valence-electron chi connectivity index (χ4n) is 2.99. The fourth-order valence-corrected chi connectivity index (χ4v) is 3.74. The minimum atomic E-state index is -4.08. The van der Waals surface area contributed by atoms with Gasteiger partial charge in [0.1, 0.15) is 0 Å². The molecule has 0 amide bonds. The molecule has 7 heteroatoms. The smallest absolute Gasteiger partial charge is 0.461 e. The molecule has 2 aliphatic heterocycles. The van der Waals surface area contributed by atoms with Crippen molar-refractivity contribution < 1.29 is 26.3 Å². The second kappa shape index (κ2) is 7.56. The lowest BCUT2D eigenvalue weighted by Crippen LogP contribution is -2.08. The van der Waals surface area contributed by atoms with Crippen molar-refractivity contribution in [1.29, 1.82) is 0 Å². The van der Waals surface area contributed by atoms with Crippen molar-refractivity contribution in [1.82, 2.24) is 0 Å². The van der Waals surface area contributed by atoms with E-state index < -0.39 is 10.4 Å². The van der Waals surface area contributed by atoms with Gasteiger partial charge in [-0.25, -0.2) is 0 Å². The van der Waals surface area contributed by atoms with E-state index >= 15 is 0 Å². The third kappa shape index (κ3) is 4.03. The van der Waals surface area contributed by atoms with Crippen molar-refractivity contribution in [3.8, 4) is 28.7 Å². The largest absolute Gasteiger partial charge is 0.501 e. The first kappa shape index (κ1) is 17.9. The Bertz CT molecular complexity index is 767. The van der Waals surface area contributed by atoms with E-state index in [1.165, 1.54) is 38.4 Å². The van der Waals surface area contributed by atoms with Crippen LogP contribution in [0.2, 0.25) is 0 Å². The maximum Gasteiger partial charge on any atom is 0.501 e. The van der Waals surface area contributed by atoms with Crippen LogP contribution in [0.15, 0.2) is 12.3 Å². The van der Waals surface area contributed by atoms with Gasteiger partial charge in [0.15, 0.2) is 11.5 Å². The van der Waals surface area contributed by atoms with Crippen molar-refractivity contribution >= 4 is 10.4 Å². The van der Waals surface area contributed by atoms with E-state index in [0.717, 1.165) is 24.8 Å².